The highest BCUT2D eigenvalue weighted by molar-refractivity contribution is 5.86. The van der Waals surface area contributed by atoms with E-state index >= 15 is 0 Å². The predicted octanol–water partition coefficient (Wildman–Crippen LogP) is 3.39. The van der Waals surface area contributed by atoms with E-state index in [9.17, 15) is 9.59 Å². The summed E-state index contributed by atoms with van der Waals surface area (Å²) in [6.45, 7) is 3.21. The minimum Gasteiger partial charge on any atom is -0.488 e. The van der Waals surface area contributed by atoms with E-state index < -0.39 is 6.09 Å². The lowest BCUT2D eigenvalue weighted by molar-refractivity contribution is 0.117. The summed E-state index contributed by atoms with van der Waals surface area (Å²) in [6.07, 6.45) is 4.12. The normalized spacial score (nSPS) is 20.2. The average molecular weight is 493 g/mol. The smallest absolute Gasteiger partial charge is 0.407 e. The maximum Gasteiger partial charge on any atom is 0.407 e. The van der Waals surface area contributed by atoms with Crippen molar-refractivity contribution in [2.45, 2.75) is 44.4 Å². The lowest BCUT2D eigenvalue weighted by atomic mass is 9.93. The van der Waals surface area contributed by atoms with Gasteiger partial charge < -0.3 is 29.0 Å². The van der Waals surface area contributed by atoms with E-state index in [0.717, 1.165) is 55.5 Å². The fourth-order valence-corrected chi connectivity index (χ4v) is 4.87. The van der Waals surface area contributed by atoms with Crippen molar-refractivity contribution in [3.8, 4) is 5.75 Å². The number of anilines is 1. The van der Waals surface area contributed by atoms with E-state index in [1.54, 1.807) is 11.6 Å². The molecule has 0 spiro atoms. The van der Waals surface area contributed by atoms with Gasteiger partial charge in [0.2, 0.25) is 0 Å². The van der Waals surface area contributed by atoms with Gasteiger partial charge >= 0.3 is 6.09 Å². The number of hydrogen-bond donors (Lipinski definition) is 1. The van der Waals surface area contributed by atoms with Gasteiger partial charge in [0.1, 0.15) is 17.9 Å². The number of benzene rings is 2. The molecule has 1 saturated heterocycles. The maximum atomic E-state index is 12.3. The van der Waals surface area contributed by atoms with Crippen molar-refractivity contribution in [2.75, 3.05) is 31.2 Å². The number of alkyl carbamates (subject to hydrolysis) is 1. The minimum atomic E-state index is -0.395. The summed E-state index contributed by atoms with van der Waals surface area (Å²) in [5.41, 5.74) is 3.23. The summed E-state index contributed by atoms with van der Waals surface area (Å²) in [5, 5.41) is 2.98. The molecule has 1 aliphatic carbocycles. The second-order valence-corrected chi connectivity index (χ2v) is 9.36. The molecular weight excluding hydrogens is 460 g/mol. The van der Waals surface area contributed by atoms with E-state index in [0.29, 0.717) is 24.5 Å². The summed E-state index contributed by atoms with van der Waals surface area (Å²) in [4.78, 5) is 31.2. The molecule has 1 aliphatic heterocycles. The third kappa shape index (κ3) is 5.62. The number of aromatic nitrogens is 2. The molecule has 1 aromatic heterocycles. The van der Waals surface area contributed by atoms with Crippen molar-refractivity contribution in [1.29, 1.82) is 0 Å². The molecule has 3 aromatic rings. The molecule has 2 fully saturated rings. The van der Waals surface area contributed by atoms with Crippen LogP contribution in [-0.2, 0) is 23.1 Å². The fourth-order valence-electron chi connectivity index (χ4n) is 4.87. The van der Waals surface area contributed by atoms with Gasteiger partial charge in [-0.25, -0.2) is 9.78 Å². The van der Waals surface area contributed by atoms with Gasteiger partial charge in [-0.05, 0) is 37.3 Å². The number of hydrogen-bond acceptors (Lipinski definition) is 7. The zero-order valence-corrected chi connectivity index (χ0v) is 20.5. The standard InChI is InChI=1S/C27H32N4O5/c1-30-25(32)17-28-23-15-21(31-11-13-34-14-12-31)16-24(26(23)30)36-22-9-7-20(8-10-22)29-27(33)35-18-19-5-3-2-4-6-19/h2-6,15-17,20,22H,7-14,18H2,1H3,(H,29,33)/t20-,22+. The largest absolute Gasteiger partial charge is 0.488 e. The quantitative estimate of drug-likeness (QED) is 0.564. The second kappa shape index (κ2) is 11.0. The maximum absolute atomic E-state index is 12.3. The van der Waals surface area contributed by atoms with Crippen molar-refractivity contribution in [3.05, 3.63) is 64.6 Å². The Hall–Kier alpha value is -3.59. The van der Waals surface area contributed by atoms with E-state index in [4.69, 9.17) is 14.2 Å². The van der Waals surface area contributed by atoms with Gasteiger partial charge in [-0.2, -0.15) is 0 Å². The first-order chi connectivity index (χ1) is 17.6. The molecule has 9 nitrogen and oxygen atoms in total. The highest BCUT2D eigenvalue weighted by atomic mass is 16.5. The summed E-state index contributed by atoms with van der Waals surface area (Å²) >= 11 is 0. The Bertz CT molecular complexity index is 1250. The molecule has 36 heavy (non-hydrogen) atoms. The van der Waals surface area contributed by atoms with E-state index in [-0.39, 0.29) is 24.3 Å². The molecule has 0 radical (unpaired) electrons. The van der Waals surface area contributed by atoms with Crippen LogP contribution in [0.15, 0.2) is 53.5 Å². The Morgan fingerprint density at radius 3 is 2.61 bits per heavy atom. The van der Waals surface area contributed by atoms with E-state index in [1.807, 2.05) is 42.5 Å². The molecule has 0 atom stereocenters. The van der Waals surface area contributed by atoms with Crippen LogP contribution in [0.1, 0.15) is 31.2 Å². The van der Waals surface area contributed by atoms with Crippen LogP contribution in [0.3, 0.4) is 0 Å². The second-order valence-electron chi connectivity index (χ2n) is 9.36. The number of ether oxygens (including phenoxy) is 3. The Morgan fingerprint density at radius 1 is 1.11 bits per heavy atom. The van der Waals surface area contributed by atoms with Crippen LogP contribution in [0.2, 0.25) is 0 Å². The van der Waals surface area contributed by atoms with Crippen molar-refractivity contribution in [2.24, 2.45) is 7.05 Å². The third-order valence-electron chi connectivity index (χ3n) is 6.90. The number of fused-ring (bicyclic) bond motifs is 1. The fraction of sp³-hybridized carbons (Fsp3) is 0.444. The molecule has 9 heteroatoms. The van der Waals surface area contributed by atoms with Crippen molar-refractivity contribution >= 4 is 22.8 Å². The highest BCUT2D eigenvalue weighted by Gasteiger charge is 2.26. The molecule has 1 saturated carbocycles. The Balaban J connectivity index is 1.23. The van der Waals surface area contributed by atoms with Gasteiger partial charge in [-0.3, -0.25) is 4.79 Å². The molecule has 2 aliphatic rings. The van der Waals surface area contributed by atoms with Crippen LogP contribution in [-0.4, -0.2) is 54.1 Å². The first kappa shape index (κ1) is 24.1. The number of carbonyl (C=O) groups excluding carboxylic acids is 1. The lowest BCUT2D eigenvalue weighted by Gasteiger charge is -2.31. The van der Waals surface area contributed by atoms with Gasteiger partial charge in [-0.1, -0.05) is 30.3 Å². The van der Waals surface area contributed by atoms with Gasteiger partial charge in [0, 0.05) is 37.9 Å². The van der Waals surface area contributed by atoms with E-state index in [2.05, 4.69) is 15.2 Å². The van der Waals surface area contributed by atoms with Gasteiger partial charge in [0.25, 0.3) is 5.56 Å². The topological polar surface area (TPSA) is 94.9 Å². The Labute approximate surface area is 210 Å². The first-order valence-corrected chi connectivity index (χ1v) is 12.5. The number of morpholine rings is 1. The zero-order chi connectivity index (χ0) is 24.9. The number of rotatable bonds is 6. The number of aryl methyl sites for hydroxylation is 1. The molecule has 2 aromatic carbocycles. The van der Waals surface area contributed by atoms with Crippen LogP contribution in [0, 0.1) is 0 Å². The predicted molar refractivity (Wildman–Crippen MR) is 136 cm³/mol. The lowest BCUT2D eigenvalue weighted by Crippen LogP contribution is -2.40. The number of amides is 1. The molecular formula is C27H32N4O5. The summed E-state index contributed by atoms with van der Waals surface area (Å²) < 4.78 is 18.9. The van der Waals surface area contributed by atoms with Gasteiger partial charge in [0.05, 0.1) is 31.0 Å². The SMILES string of the molecule is Cn1c(=O)cnc2cc(N3CCOCC3)cc(O[C@H]3CC[C@@H](NC(=O)OCc4ccccc4)CC3)c21. The first-order valence-electron chi connectivity index (χ1n) is 12.5. The third-order valence-corrected chi connectivity index (χ3v) is 6.90. The van der Waals surface area contributed by atoms with Gasteiger partial charge in [-0.15, -0.1) is 0 Å². The number of nitrogens with one attached hydrogen (secondary N) is 1. The molecule has 2 heterocycles. The number of nitrogens with zero attached hydrogens (tertiary/aromatic N) is 3. The molecule has 1 N–H and O–H groups in total. The van der Waals surface area contributed by atoms with Gasteiger partial charge in [0.15, 0.2) is 0 Å². The van der Waals surface area contributed by atoms with Crippen LogP contribution in [0.4, 0.5) is 10.5 Å². The van der Waals surface area contributed by atoms with E-state index in [1.165, 1.54) is 6.20 Å². The number of carbonyl (C=O) groups is 1. The summed E-state index contributed by atoms with van der Waals surface area (Å²) in [6, 6.07) is 13.7. The summed E-state index contributed by atoms with van der Waals surface area (Å²) in [7, 11) is 1.75. The van der Waals surface area contributed by atoms with Crippen LogP contribution < -0.4 is 20.5 Å². The highest BCUT2D eigenvalue weighted by Crippen LogP contribution is 2.33. The van der Waals surface area contributed by atoms with Crippen molar-refractivity contribution in [1.82, 2.24) is 14.9 Å². The minimum absolute atomic E-state index is 0.0122. The van der Waals surface area contributed by atoms with Crippen molar-refractivity contribution in [3.63, 3.8) is 0 Å². The molecule has 0 unspecified atom stereocenters. The van der Waals surface area contributed by atoms with Crippen molar-refractivity contribution < 1.29 is 19.0 Å². The Morgan fingerprint density at radius 2 is 1.86 bits per heavy atom. The zero-order valence-electron chi connectivity index (χ0n) is 20.5. The average Bonchev–Trinajstić information content (AvgIpc) is 2.91. The molecule has 5 rings (SSSR count). The van der Waals surface area contributed by atoms with Crippen LogP contribution >= 0.6 is 0 Å². The molecule has 190 valence electrons. The molecule has 1 amide bonds. The summed E-state index contributed by atoms with van der Waals surface area (Å²) in [5.74, 6) is 0.667. The van der Waals surface area contributed by atoms with Crippen LogP contribution in [0.5, 0.6) is 5.75 Å². The molecule has 0 bridgehead atoms. The Kier molecular flexibility index (Phi) is 7.36. The monoisotopic (exact) mass is 492 g/mol. The van der Waals surface area contributed by atoms with Crippen LogP contribution in [0.25, 0.3) is 11.0 Å².